The summed E-state index contributed by atoms with van der Waals surface area (Å²) in [6, 6.07) is 14.8. The Morgan fingerprint density at radius 1 is 1.11 bits per heavy atom. The van der Waals surface area contributed by atoms with Crippen molar-refractivity contribution < 1.29 is 0 Å². The first-order chi connectivity index (χ1) is 8.66. The quantitative estimate of drug-likeness (QED) is 0.503. The summed E-state index contributed by atoms with van der Waals surface area (Å²) < 4.78 is 2.19. The summed E-state index contributed by atoms with van der Waals surface area (Å²) in [4.78, 5) is 1.24. The van der Waals surface area contributed by atoms with Crippen molar-refractivity contribution in [1.82, 2.24) is 0 Å². The van der Waals surface area contributed by atoms with Gasteiger partial charge in [0.1, 0.15) is 0 Å². The molecule has 3 rings (SSSR count). The normalized spacial score (nSPS) is 17.9. The third-order valence-corrected chi connectivity index (χ3v) is 4.72. The second-order valence-corrected chi connectivity index (χ2v) is 6.16. The van der Waals surface area contributed by atoms with Crippen LogP contribution < -0.4 is 4.31 Å². The topological polar surface area (TPSA) is 3.24 Å². The van der Waals surface area contributed by atoms with Gasteiger partial charge >= 0.3 is 0 Å². The molecular formula is C15H14ClNS. The van der Waals surface area contributed by atoms with Gasteiger partial charge < -0.3 is 4.31 Å². The van der Waals surface area contributed by atoms with Gasteiger partial charge in [-0.15, -0.1) is 11.6 Å². The van der Waals surface area contributed by atoms with Crippen LogP contribution in [0.1, 0.15) is 22.1 Å². The number of para-hydroxylation sites is 1. The van der Waals surface area contributed by atoms with Crippen molar-refractivity contribution >= 4 is 29.2 Å². The van der Waals surface area contributed by atoms with Gasteiger partial charge in [0.05, 0.1) is 11.1 Å². The molecule has 1 aliphatic rings. The molecule has 1 aliphatic heterocycles. The van der Waals surface area contributed by atoms with Gasteiger partial charge in [0.15, 0.2) is 0 Å². The summed E-state index contributed by atoms with van der Waals surface area (Å²) in [6.07, 6.45) is 0. The van der Waals surface area contributed by atoms with Gasteiger partial charge in [-0.3, -0.25) is 0 Å². The van der Waals surface area contributed by atoms with Crippen molar-refractivity contribution in [3.05, 3.63) is 59.2 Å². The van der Waals surface area contributed by atoms with E-state index in [1.165, 1.54) is 27.3 Å². The average molecular weight is 276 g/mol. The molecule has 1 nitrogen and oxygen atoms in total. The molecule has 0 aliphatic carbocycles. The largest absolute Gasteiger partial charge is 0.315 e. The summed E-state index contributed by atoms with van der Waals surface area (Å²) in [6.45, 7) is 2.11. The van der Waals surface area contributed by atoms with Crippen LogP contribution in [0.3, 0.4) is 0 Å². The van der Waals surface area contributed by atoms with Gasteiger partial charge in [-0.05, 0) is 47.7 Å². The number of rotatable bonds is 0. The fourth-order valence-electron chi connectivity index (χ4n) is 2.28. The summed E-state index contributed by atoms with van der Waals surface area (Å²) in [7, 11) is 2.09. The van der Waals surface area contributed by atoms with Crippen LogP contribution in [-0.4, -0.2) is 7.05 Å². The van der Waals surface area contributed by atoms with Crippen molar-refractivity contribution in [2.75, 3.05) is 11.4 Å². The number of alkyl halides is 1. The van der Waals surface area contributed by atoms with Crippen molar-refractivity contribution in [2.45, 2.75) is 17.2 Å². The third-order valence-electron chi connectivity index (χ3n) is 3.23. The molecule has 2 aromatic rings. The zero-order valence-electron chi connectivity index (χ0n) is 10.4. The molecule has 2 aromatic carbocycles. The van der Waals surface area contributed by atoms with Crippen molar-refractivity contribution in [1.29, 1.82) is 0 Å². The average Bonchev–Trinajstić information content (AvgIpc) is 2.47. The maximum atomic E-state index is 6.66. The Balaban J connectivity index is 2.21. The number of benzene rings is 2. The number of aryl methyl sites for hydroxylation is 1. The Bertz CT molecular complexity index is 597. The van der Waals surface area contributed by atoms with E-state index in [0.29, 0.717) is 0 Å². The lowest BCUT2D eigenvalue weighted by atomic mass is 10.0. The van der Waals surface area contributed by atoms with E-state index >= 15 is 0 Å². The fourth-order valence-corrected chi connectivity index (χ4v) is 3.81. The van der Waals surface area contributed by atoms with Gasteiger partial charge in [0, 0.05) is 11.9 Å². The molecule has 0 aromatic heterocycles. The Morgan fingerprint density at radius 3 is 2.72 bits per heavy atom. The van der Waals surface area contributed by atoms with Gasteiger partial charge in [-0.2, -0.15) is 0 Å². The van der Waals surface area contributed by atoms with E-state index in [9.17, 15) is 0 Å². The summed E-state index contributed by atoms with van der Waals surface area (Å²) in [5, 5.41) is -0.0748. The Morgan fingerprint density at radius 2 is 1.89 bits per heavy atom. The molecule has 1 heterocycles. The van der Waals surface area contributed by atoms with E-state index < -0.39 is 0 Å². The lowest BCUT2D eigenvalue weighted by Gasteiger charge is -2.18. The third kappa shape index (κ3) is 1.90. The van der Waals surface area contributed by atoms with Crippen molar-refractivity contribution in [3.63, 3.8) is 0 Å². The van der Waals surface area contributed by atoms with Crippen molar-refractivity contribution in [2.24, 2.45) is 0 Å². The van der Waals surface area contributed by atoms with Crippen molar-refractivity contribution in [3.8, 4) is 0 Å². The molecule has 0 amide bonds. The second kappa shape index (κ2) is 4.52. The van der Waals surface area contributed by atoms with E-state index in [1.807, 2.05) is 6.07 Å². The molecule has 0 saturated heterocycles. The van der Waals surface area contributed by atoms with Crippen LogP contribution in [0.4, 0.5) is 5.69 Å². The molecule has 0 radical (unpaired) electrons. The summed E-state index contributed by atoms with van der Waals surface area (Å²) >= 11 is 8.40. The van der Waals surface area contributed by atoms with Crippen LogP contribution in [0.2, 0.25) is 0 Å². The van der Waals surface area contributed by atoms with Crippen LogP contribution in [0.15, 0.2) is 47.4 Å². The van der Waals surface area contributed by atoms with E-state index in [4.69, 9.17) is 11.6 Å². The van der Waals surface area contributed by atoms with Crippen LogP contribution in [0.5, 0.6) is 0 Å². The maximum Gasteiger partial charge on any atom is 0.0867 e. The first-order valence-corrected chi connectivity index (χ1v) is 7.13. The van der Waals surface area contributed by atoms with Gasteiger partial charge in [0.25, 0.3) is 0 Å². The van der Waals surface area contributed by atoms with E-state index in [-0.39, 0.29) is 5.38 Å². The SMILES string of the molecule is Cc1ccc2c(c1)SN(C)c1ccccc1C2Cl. The standard InChI is InChI=1S/C15H14ClNS/c1-10-7-8-12-14(9-10)18-17(2)13-6-4-3-5-11(13)15(12)16/h3-9,15H,1-2H3. The second-order valence-electron chi connectivity index (χ2n) is 4.55. The highest BCUT2D eigenvalue weighted by Gasteiger charge is 2.24. The summed E-state index contributed by atoms with van der Waals surface area (Å²) in [5.41, 5.74) is 4.83. The van der Waals surface area contributed by atoms with Crippen LogP contribution in [-0.2, 0) is 0 Å². The lowest BCUT2D eigenvalue weighted by Crippen LogP contribution is -2.06. The van der Waals surface area contributed by atoms with E-state index in [2.05, 4.69) is 54.7 Å². The molecular weight excluding hydrogens is 262 g/mol. The van der Waals surface area contributed by atoms with Gasteiger partial charge in [-0.25, -0.2) is 0 Å². The van der Waals surface area contributed by atoms with Crippen LogP contribution in [0.25, 0.3) is 0 Å². The first-order valence-electron chi connectivity index (χ1n) is 5.92. The predicted octanol–water partition coefficient (Wildman–Crippen LogP) is 4.78. The Hall–Kier alpha value is -1.12. The monoisotopic (exact) mass is 275 g/mol. The molecule has 1 unspecified atom stereocenters. The van der Waals surface area contributed by atoms with E-state index in [1.54, 1.807) is 11.9 Å². The molecule has 0 bridgehead atoms. The lowest BCUT2D eigenvalue weighted by molar-refractivity contribution is 1.09. The first kappa shape index (κ1) is 11.9. The highest BCUT2D eigenvalue weighted by Crippen LogP contribution is 2.45. The number of hydrogen-bond donors (Lipinski definition) is 0. The zero-order chi connectivity index (χ0) is 12.7. The highest BCUT2D eigenvalue weighted by atomic mass is 35.5. The molecule has 92 valence electrons. The minimum atomic E-state index is -0.0748. The Labute approximate surface area is 117 Å². The molecule has 18 heavy (non-hydrogen) atoms. The van der Waals surface area contributed by atoms with Gasteiger partial charge in [-0.1, -0.05) is 30.3 Å². The molecule has 0 spiro atoms. The highest BCUT2D eigenvalue weighted by molar-refractivity contribution is 8.00. The minimum absolute atomic E-state index is 0.0748. The number of nitrogens with zero attached hydrogens (tertiary/aromatic N) is 1. The molecule has 0 N–H and O–H groups in total. The van der Waals surface area contributed by atoms with Crippen LogP contribution in [0, 0.1) is 6.92 Å². The zero-order valence-corrected chi connectivity index (χ0v) is 11.9. The predicted molar refractivity (Wildman–Crippen MR) is 79.6 cm³/mol. The van der Waals surface area contributed by atoms with Crippen LogP contribution >= 0.6 is 23.5 Å². The smallest absolute Gasteiger partial charge is 0.0867 e. The molecule has 3 heteroatoms. The molecule has 1 atom stereocenters. The number of fused-ring (bicyclic) bond motifs is 2. The van der Waals surface area contributed by atoms with Gasteiger partial charge in [0.2, 0.25) is 0 Å². The number of hydrogen-bond acceptors (Lipinski definition) is 2. The molecule has 0 saturated carbocycles. The fraction of sp³-hybridized carbons (Fsp3) is 0.200. The van der Waals surface area contributed by atoms with E-state index in [0.717, 1.165) is 0 Å². The Kier molecular flexibility index (Phi) is 3.00. The summed E-state index contributed by atoms with van der Waals surface area (Å²) in [5.74, 6) is 0. The number of anilines is 1. The maximum absolute atomic E-state index is 6.66. The minimum Gasteiger partial charge on any atom is -0.315 e. The molecule has 0 fully saturated rings. The number of halogens is 1.